The van der Waals surface area contributed by atoms with Crippen molar-refractivity contribution in [3.63, 3.8) is 0 Å². The molecule has 3 atom stereocenters. The van der Waals surface area contributed by atoms with Crippen LogP contribution >= 0.6 is 0 Å². The first-order valence-electron chi connectivity index (χ1n) is 9.39. The number of nitrogens with zero attached hydrogens (tertiary/aromatic N) is 2. The van der Waals surface area contributed by atoms with Gasteiger partial charge in [0.1, 0.15) is 5.75 Å². The first-order valence-corrected chi connectivity index (χ1v) is 9.39. The zero-order valence-corrected chi connectivity index (χ0v) is 15.2. The highest BCUT2D eigenvalue weighted by molar-refractivity contribution is 5.95. The van der Waals surface area contributed by atoms with Gasteiger partial charge in [0, 0.05) is 44.8 Å². The molecule has 3 aliphatic rings. The molecule has 5 heteroatoms. The van der Waals surface area contributed by atoms with E-state index in [9.17, 15) is 4.79 Å². The third-order valence-corrected chi connectivity index (χ3v) is 6.03. The lowest BCUT2D eigenvalue weighted by molar-refractivity contribution is -0.0156. The number of hydrogen-bond acceptors (Lipinski definition) is 4. The van der Waals surface area contributed by atoms with Crippen molar-refractivity contribution in [1.82, 2.24) is 9.80 Å². The molecule has 1 aromatic carbocycles. The number of fused-ring (bicyclic) bond motifs is 1. The van der Waals surface area contributed by atoms with E-state index in [1.165, 1.54) is 19.4 Å². The first-order chi connectivity index (χ1) is 12.2. The maximum Gasteiger partial charge on any atom is 0.254 e. The van der Waals surface area contributed by atoms with Crippen LogP contribution in [0.25, 0.3) is 0 Å². The van der Waals surface area contributed by atoms with Gasteiger partial charge < -0.3 is 19.3 Å². The van der Waals surface area contributed by atoms with Gasteiger partial charge in [0.05, 0.1) is 19.3 Å². The standard InChI is InChI=1S/C20H28N2O3/c1-24-16-5-3-4-15(10-16)20(23)22-9-8-19(25-2)17-12-21(13-18(17)22)11-14-6-7-14/h3-5,10,14,17-19H,6-9,11-13H2,1-2H3/t17-,18+,19+/m0/s1. The molecule has 0 aromatic heterocycles. The Kier molecular flexibility index (Phi) is 4.69. The van der Waals surface area contributed by atoms with Crippen LogP contribution in [0.4, 0.5) is 0 Å². The second kappa shape index (κ2) is 6.96. The smallest absolute Gasteiger partial charge is 0.254 e. The number of carbonyl (C=O) groups is 1. The summed E-state index contributed by atoms with van der Waals surface area (Å²) >= 11 is 0. The minimum atomic E-state index is 0.122. The van der Waals surface area contributed by atoms with Crippen molar-refractivity contribution in [2.45, 2.75) is 31.4 Å². The van der Waals surface area contributed by atoms with Crippen LogP contribution in [0.1, 0.15) is 29.6 Å². The highest BCUT2D eigenvalue weighted by atomic mass is 16.5. The first kappa shape index (κ1) is 16.9. The topological polar surface area (TPSA) is 42.0 Å². The van der Waals surface area contributed by atoms with E-state index in [-0.39, 0.29) is 18.1 Å². The molecule has 1 aromatic rings. The number of carbonyl (C=O) groups excluding carboxylic acids is 1. The lowest BCUT2D eigenvalue weighted by Crippen LogP contribution is -2.53. The summed E-state index contributed by atoms with van der Waals surface area (Å²) in [6.07, 6.45) is 3.92. The summed E-state index contributed by atoms with van der Waals surface area (Å²) in [5, 5.41) is 0. The fraction of sp³-hybridized carbons (Fsp3) is 0.650. The van der Waals surface area contributed by atoms with Crippen LogP contribution in [-0.4, -0.2) is 68.3 Å². The van der Waals surface area contributed by atoms with Gasteiger partial charge >= 0.3 is 0 Å². The van der Waals surface area contributed by atoms with Crippen LogP contribution in [0, 0.1) is 11.8 Å². The second-order valence-corrected chi connectivity index (χ2v) is 7.69. The molecule has 2 aliphatic heterocycles. The van der Waals surface area contributed by atoms with Crippen LogP contribution in [0.3, 0.4) is 0 Å². The Morgan fingerprint density at radius 3 is 2.76 bits per heavy atom. The molecule has 2 saturated heterocycles. The Hall–Kier alpha value is -1.59. The fourth-order valence-corrected chi connectivity index (χ4v) is 4.52. The highest BCUT2D eigenvalue weighted by Crippen LogP contribution is 2.37. The molecule has 0 spiro atoms. The normalized spacial score (nSPS) is 29.5. The quantitative estimate of drug-likeness (QED) is 0.822. The minimum absolute atomic E-state index is 0.122. The van der Waals surface area contributed by atoms with Gasteiger partial charge in [-0.1, -0.05) is 6.07 Å². The van der Waals surface area contributed by atoms with Crippen molar-refractivity contribution in [3.8, 4) is 5.75 Å². The zero-order valence-electron chi connectivity index (χ0n) is 15.2. The number of ether oxygens (including phenoxy) is 2. The van der Waals surface area contributed by atoms with E-state index >= 15 is 0 Å². The summed E-state index contributed by atoms with van der Waals surface area (Å²) in [5.74, 6) is 2.16. The lowest BCUT2D eigenvalue weighted by Gasteiger charge is -2.41. The maximum atomic E-state index is 13.2. The van der Waals surface area contributed by atoms with E-state index < -0.39 is 0 Å². The van der Waals surface area contributed by atoms with Gasteiger partial charge in [0.15, 0.2) is 0 Å². The maximum absolute atomic E-state index is 13.2. The Morgan fingerprint density at radius 2 is 2.04 bits per heavy atom. The number of hydrogen-bond donors (Lipinski definition) is 0. The van der Waals surface area contributed by atoms with Gasteiger partial charge in [0.25, 0.3) is 5.91 Å². The van der Waals surface area contributed by atoms with Gasteiger partial charge in [-0.2, -0.15) is 0 Å². The molecule has 25 heavy (non-hydrogen) atoms. The number of methoxy groups -OCH3 is 2. The average molecular weight is 344 g/mol. The zero-order chi connectivity index (χ0) is 17.4. The van der Waals surface area contributed by atoms with E-state index in [1.807, 2.05) is 31.4 Å². The van der Waals surface area contributed by atoms with Crippen LogP contribution in [-0.2, 0) is 4.74 Å². The Morgan fingerprint density at radius 1 is 1.20 bits per heavy atom. The molecule has 5 nitrogen and oxygen atoms in total. The molecule has 1 saturated carbocycles. The van der Waals surface area contributed by atoms with Crippen LogP contribution in [0.2, 0.25) is 0 Å². The molecule has 136 valence electrons. The van der Waals surface area contributed by atoms with Crippen molar-refractivity contribution in [2.24, 2.45) is 11.8 Å². The van der Waals surface area contributed by atoms with Crippen molar-refractivity contribution in [3.05, 3.63) is 29.8 Å². The Bertz CT molecular complexity index is 631. The SMILES string of the molecule is COc1cccc(C(=O)N2CC[C@@H](OC)[C@H]3CN(CC4CC4)C[C@H]32)c1. The fourth-order valence-electron chi connectivity index (χ4n) is 4.52. The van der Waals surface area contributed by atoms with Gasteiger partial charge in [-0.3, -0.25) is 4.79 Å². The number of piperidine rings is 1. The monoisotopic (exact) mass is 344 g/mol. The lowest BCUT2D eigenvalue weighted by atomic mass is 9.88. The molecule has 3 fully saturated rings. The molecule has 0 bridgehead atoms. The van der Waals surface area contributed by atoms with Crippen LogP contribution < -0.4 is 4.74 Å². The molecule has 4 rings (SSSR count). The molecule has 0 N–H and O–H groups in total. The molecule has 1 amide bonds. The predicted octanol–water partition coefficient (Wildman–Crippen LogP) is 2.27. The predicted molar refractivity (Wildman–Crippen MR) is 95.9 cm³/mol. The van der Waals surface area contributed by atoms with E-state index in [0.29, 0.717) is 5.92 Å². The molecular weight excluding hydrogens is 316 g/mol. The molecular formula is C20H28N2O3. The Balaban J connectivity index is 1.53. The summed E-state index contributed by atoms with van der Waals surface area (Å²) in [6.45, 7) is 4.00. The molecule has 2 heterocycles. The summed E-state index contributed by atoms with van der Waals surface area (Å²) in [4.78, 5) is 17.8. The summed E-state index contributed by atoms with van der Waals surface area (Å²) < 4.78 is 11.0. The number of amides is 1. The van der Waals surface area contributed by atoms with Crippen molar-refractivity contribution >= 4 is 5.91 Å². The highest BCUT2D eigenvalue weighted by Gasteiger charge is 2.46. The average Bonchev–Trinajstić information content (AvgIpc) is 3.36. The van der Waals surface area contributed by atoms with E-state index in [1.54, 1.807) is 7.11 Å². The minimum Gasteiger partial charge on any atom is -0.497 e. The third kappa shape index (κ3) is 3.40. The molecule has 0 unspecified atom stereocenters. The number of rotatable bonds is 5. The van der Waals surface area contributed by atoms with Crippen LogP contribution in [0.15, 0.2) is 24.3 Å². The van der Waals surface area contributed by atoms with Gasteiger partial charge in [-0.15, -0.1) is 0 Å². The van der Waals surface area contributed by atoms with E-state index in [2.05, 4.69) is 9.80 Å². The summed E-state index contributed by atoms with van der Waals surface area (Å²) in [6, 6.07) is 7.76. The van der Waals surface area contributed by atoms with Crippen molar-refractivity contribution < 1.29 is 14.3 Å². The molecule has 0 radical (unpaired) electrons. The number of likely N-dealkylation sites (tertiary alicyclic amines) is 2. The summed E-state index contributed by atoms with van der Waals surface area (Å²) in [5.41, 5.74) is 0.717. The number of benzene rings is 1. The largest absolute Gasteiger partial charge is 0.497 e. The van der Waals surface area contributed by atoms with Crippen molar-refractivity contribution in [2.75, 3.05) is 40.4 Å². The molecule has 1 aliphatic carbocycles. The second-order valence-electron chi connectivity index (χ2n) is 7.69. The van der Waals surface area contributed by atoms with Gasteiger partial charge in [0.2, 0.25) is 0 Å². The van der Waals surface area contributed by atoms with Gasteiger partial charge in [-0.05, 0) is 43.4 Å². The van der Waals surface area contributed by atoms with E-state index in [4.69, 9.17) is 9.47 Å². The summed E-state index contributed by atoms with van der Waals surface area (Å²) in [7, 11) is 3.45. The van der Waals surface area contributed by atoms with Gasteiger partial charge in [-0.25, -0.2) is 0 Å². The Labute approximate surface area is 149 Å². The van der Waals surface area contributed by atoms with E-state index in [0.717, 1.165) is 43.3 Å². The van der Waals surface area contributed by atoms with Crippen molar-refractivity contribution in [1.29, 1.82) is 0 Å². The van der Waals surface area contributed by atoms with Crippen LogP contribution in [0.5, 0.6) is 5.75 Å². The third-order valence-electron chi connectivity index (χ3n) is 6.03.